The van der Waals surface area contributed by atoms with Gasteiger partial charge in [0, 0.05) is 5.02 Å². The zero-order chi connectivity index (χ0) is 10.4. The van der Waals surface area contributed by atoms with E-state index in [1.165, 1.54) is 24.8 Å². The van der Waals surface area contributed by atoms with Gasteiger partial charge in [-0.15, -0.1) is 0 Å². The van der Waals surface area contributed by atoms with E-state index in [1.807, 2.05) is 12.1 Å². The fraction of sp³-hybridized carbons (Fsp3) is 0.538. The summed E-state index contributed by atoms with van der Waals surface area (Å²) in [6, 6.07) is 8.18. The van der Waals surface area contributed by atoms with Crippen molar-refractivity contribution in [3.8, 4) is 0 Å². The zero-order valence-electron chi connectivity index (χ0n) is 9.09. The molecule has 0 aliphatic rings. The quantitative estimate of drug-likeness (QED) is 0.618. The van der Waals surface area contributed by atoms with Gasteiger partial charge in [0.05, 0.1) is 0 Å². The van der Waals surface area contributed by atoms with Crippen molar-refractivity contribution >= 4 is 11.6 Å². The van der Waals surface area contributed by atoms with E-state index in [-0.39, 0.29) is 0 Å². The summed E-state index contributed by atoms with van der Waals surface area (Å²) >= 11 is 5.91. The van der Waals surface area contributed by atoms with Gasteiger partial charge in [0.15, 0.2) is 0 Å². The van der Waals surface area contributed by atoms with E-state index in [2.05, 4.69) is 26.0 Å². The molecule has 0 saturated heterocycles. The number of benzene rings is 1. The molecule has 0 atom stereocenters. The first-order valence-corrected chi connectivity index (χ1v) is 5.80. The van der Waals surface area contributed by atoms with Gasteiger partial charge in [0.1, 0.15) is 0 Å². The van der Waals surface area contributed by atoms with Crippen molar-refractivity contribution in [2.75, 3.05) is 0 Å². The van der Waals surface area contributed by atoms with Crippen LogP contribution < -0.4 is 0 Å². The molecule has 0 nitrogen and oxygen atoms in total. The predicted molar refractivity (Wildman–Crippen MR) is 63.8 cm³/mol. The summed E-state index contributed by atoms with van der Waals surface area (Å²) in [7, 11) is 0. The lowest BCUT2D eigenvalue weighted by molar-refractivity contribution is 0.538. The molecule has 1 aromatic carbocycles. The Bertz CT molecular complexity index is 266. The van der Waals surface area contributed by atoms with Gasteiger partial charge >= 0.3 is 0 Å². The van der Waals surface area contributed by atoms with Gasteiger partial charge in [-0.05, 0) is 36.5 Å². The summed E-state index contributed by atoms with van der Waals surface area (Å²) in [6.07, 6.45) is 5.09. The molecule has 1 aromatic rings. The van der Waals surface area contributed by atoms with Gasteiger partial charge in [0.25, 0.3) is 0 Å². The molecule has 0 unspecified atom stereocenters. The molecule has 0 radical (unpaired) electrons. The second-order valence-corrected chi connectivity index (χ2v) is 4.71. The number of unbranched alkanes of at least 4 members (excludes halogenated alkanes) is 1. The van der Waals surface area contributed by atoms with Crippen LogP contribution in [0.1, 0.15) is 38.7 Å². The van der Waals surface area contributed by atoms with Crippen LogP contribution in [-0.4, -0.2) is 0 Å². The maximum absolute atomic E-state index is 5.91. The number of halogens is 1. The monoisotopic (exact) mass is 210 g/mol. The van der Waals surface area contributed by atoms with Gasteiger partial charge in [-0.2, -0.15) is 0 Å². The molecule has 14 heavy (non-hydrogen) atoms. The molecule has 0 saturated carbocycles. The fourth-order valence-corrected chi connectivity index (χ4v) is 1.79. The Balaban J connectivity index is 2.25. The third-order valence-electron chi connectivity index (χ3n) is 2.39. The number of aryl methyl sites for hydroxylation is 1. The highest BCUT2D eigenvalue weighted by atomic mass is 35.5. The van der Waals surface area contributed by atoms with Crippen molar-refractivity contribution in [1.82, 2.24) is 0 Å². The normalized spacial score (nSPS) is 10.9. The standard InChI is InChI=1S/C13H19Cl/c1-11(2)6-3-4-7-12-8-5-9-13(14)10-12/h5,8-11H,3-4,6-7H2,1-2H3. The zero-order valence-corrected chi connectivity index (χ0v) is 9.85. The van der Waals surface area contributed by atoms with Gasteiger partial charge in [-0.1, -0.05) is 50.4 Å². The van der Waals surface area contributed by atoms with Crippen molar-refractivity contribution in [2.24, 2.45) is 5.92 Å². The summed E-state index contributed by atoms with van der Waals surface area (Å²) in [4.78, 5) is 0. The van der Waals surface area contributed by atoms with Crippen molar-refractivity contribution in [2.45, 2.75) is 39.5 Å². The van der Waals surface area contributed by atoms with Crippen LogP contribution in [0.3, 0.4) is 0 Å². The molecule has 78 valence electrons. The Kier molecular flexibility index (Phi) is 5.03. The summed E-state index contributed by atoms with van der Waals surface area (Å²) in [5, 5.41) is 0.853. The molecule has 0 heterocycles. The van der Waals surface area contributed by atoms with Gasteiger partial charge in [0.2, 0.25) is 0 Å². The van der Waals surface area contributed by atoms with Gasteiger partial charge in [-0.3, -0.25) is 0 Å². The lowest BCUT2D eigenvalue weighted by Gasteiger charge is -2.04. The molecule has 0 N–H and O–H groups in total. The Morgan fingerprint density at radius 3 is 2.64 bits per heavy atom. The molecule has 1 heteroatoms. The number of hydrogen-bond acceptors (Lipinski definition) is 0. The molecular formula is C13H19Cl. The van der Waals surface area contributed by atoms with Gasteiger partial charge < -0.3 is 0 Å². The molecule has 0 fully saturated rings. The first-order chi connectivity index (χ1) is 6.68. The number of rotatable bonds is 5. The molecule has 0 aromatic heterocycles. The molecular weight excluding hydrogens is 192 g/mol. The van der Waals surface area contributed by atoms with Crippen molar-refractivity contribution in [3.05, 3.63) is 34.9 Å². The van der Waals surface area contributed by atoms with Crippen molar-refractivity contribution < 1.29 is 0 Å². The van der Waals surface area contributed by atoms with Crippen LogP contribution in [-0.2, 0) is 6.42 Å². The summed E-state index contributed by atoms with van der Waals surface area (Å²) < 4.78 is 0. The van der Waals surface area contributed by atoms with Crippen LogP contribution in [0.5, 0.6) is 0 Å². The molecule has 0 aliphatic heterocycles. The van der Waals surface area contributed by atoms with E-state index in [4.69, 9.17) is 11.6 Å². The largest absolute Gasteiger partial charge is 0.0843 e. The Hall–Kier alpha value is -0.490. The summed E-state index contributed by atoms with van der Waals surface area (Å²) in [5.41, 5.74) is 1.36. The average molecular weight is 211 g/mol. The van der Waals surface area contributed by atoms with Crippen LogP contribution in [0.15, 0.2) is 24.3 Å². The Labute approximate surface area is 92.3 Å². The third-order valence-corrected chi connectivity index (χ3v) is 2.62. The highest BCUT2D eigenvalue weighted by Gasteiger charge is 1.96. The predicted octanol–water partition coefficient (Wildman–Crippen LogP) is 4.71. The maximum Gasteiger partial charge on any atom is 0.0408 e. The minimum atomic E-state index is 0.828. The van der Waals surface area contributed by atoms with Crippen LogP contribution in [0.2, 0.25) is 5.02 Å². The average Bonchev–Trinajstić information content (AvgIpc) is 2.12. The highest BCUT2D eigenvalue weighted by Crippen LogP contribution is 2.14. The fourth-order valence-electron chi connectivity index (χ4n) is 1.57. The lowest BCUT2D eigenvalue weighted by Crippen LogP contribution is -1.89. The molecule has 0 aliphatic carbocycles. The lowest BCUT2D eigenvalue weighted by atomic mass is 10.0. The van der Waals surface area contributed by atoms with E-state index in [9.17, 15) is 0 Å². The van der Waals surface area contributed by atoms with E-state index in [0.29, 0.717) is 0 Å². The topological polar surface area (TPSA) is 0 Å². The van der Waals surface area contributed by atoms with Crippen LogP contribution in [0, 0.1) is 5.92 Å². The highest BCUT2D eigenvalue weighted by molar-refractivity contribution is 6.30. The smallest absolute Gasteiger partial charge is 0.0408 e. The molecule has 0 bridgehead atoms. The van der Waals surface area contributed by atoms with Crippen molar-refractivity contribution in [1.29, 1.82) is 0 Å². The SMILES string of the molecule is CC(C)CCCCc1cccc(Cl)c1. The minimum Gasteiger partial charge on any atom is -0.0843 e. The Morgan fingerprint density at radius 2 is 2.00 bits per heavy atom. The first kappa shape index (κ1) is 11.6. The minimum absolute atomic E-state index is 0.828. The van der Waals surface area contributed by atoms with E-state index >= 15 is 0 Å². The van der Waals surface area contributed by atoms with Crippen LogP contribution in [0.25, 0.3) is 0 Å². The summed E-state index contributed by atoms with van der Waals surface area (Å²) in [6.45, 7) is 4.55. The first-order valence-electron chi connectivity index (χ1n) is 5.43. The van der Waals surface area contributed by atoms with E-state index in [1.54, 1.807) is 0 Å². The number of hydrogen-bond donors (Lipinski definition) is 0. The maximum atomic E-state index is 5.91. The van der Waals surface area contributed by atoms with Gasteiger partial charge in [-0.25, -0.2) is 0 Å². The van der Waals surface area contributed by atoms with Crippen LogP contribution in [0.4, 0.5) is 0 Å². The summed E-state index contributed by atoms with van der Waals surface area (Å²) in [5.74, 6) is 0.828. The van der Waals surface area contributed by atoms with Crippen LogP contribution >= 0.6 is 11.6 Å². The molecule has 0 spiro atoms. The second-order valence-electron chi connectivity index (χ2n) is 4.27. The Morgan fingerprint density at radius 1 is 1.21 bits per heavy atom. The van der Waals surface area contributed by atoms with E-state index < -0.39 is 0 Å². The van der Waals surface area contributed by atoms with Crippen molar-refractivity contribution in [3.63, 3.8) is 0 Å². The molecule has 0 amide bonds. The third kappa shape index (κ3) is 4.66. The van der Waals surface area contributed by atoms with E-state index in [0.717, 1.165) is 17.4 Å². The molecule has 1 rings (SSSR count). The second kappa shape index (κ2) is 6.08.